The predicted molar refractivity (Wildman–Crippen MR) is 122 cm³/mol. The van der Waals surface area contributed by atoms with Gasteiger partial charge in [0.05, 0.1) is 11.5 Å². The topological polar surface area (TPSA) is 90.9 Å². The molecule has 6 nitrogen and oxygen atoms in total. The number of furan rings is 1. The van der Waals surface area contributed by atoms with E-state index < -0.39 is 5.92 Å². The van der Waals surface area contributed by atoms with Crippen molar-refractivity contribution < 1.29 is 9.21 Å². The van der Waals surface area contributed by atoms with Crippen LogP contribution >= 0.6 is 23.8 Å². The van der Waals surface area contributed by atoms with E-state index >= 15 is 0 Å². The normalized spacial score (nSPS) is 19.6. The van der Waals surface area contributed by atoms with Gasteiger partial charge in [0.15, 0.2) is 10.6 Å². The van der Waals surface area contributed by atoms with E-state index in [9.17, 15) is 9.59 Å². The first-order valence-electron chi connectivity index (χ1n) is 9.97. The molecule has 1 atom stereocenters. The molecule has 3 aromatic rings. The van der Waals surface area contributed by atoms with Gasteiger partial charge < -0.3 is 14.7 Å². The highest BCUT2D eigenvalue weighted by Gasteiger charge is 2.43. The second-order valence-electron chi connectivity index (χ2n) is 8.80. The molecule has 0 spiro atoms. The lowest BCUT2D eigenvalue weighted by Gasteiger charge is -2.38. The summed E-state index contributed by atoms with van der Waals surface area (Å²) >= 11 is 11.2. The largest absolute Gasteiger partial charge is 0.460 e. The van der Waals surface area contributed by atoms with Crippen LogP contribution in [0, 0.1) is 10.2 Å². The van der Waals surface area contributed by atoms with Gasteiger partial charge in [-0.1, -0.05) is 25.4 Å². The number of aromatic amines is 2. The molecule has 8 heteroatoms. The Balaban J connectivity index is 1.70. The quantitative estimate of drug-likeness (QED) is 0.443. The zero-order valence-electron chi connectivity index (χ0n) is 17.0. The average Bonchev–Trinajstić information content (AvgIpc) is 3.15. The highest BCUT2D eigenvalue weighted by molar-refractivity contribution is 7.71. The number of benzene rings is 1. The van der Waals surface area contributed by atoms with Gasteiger partial charge in [-0.05, 0) is 60.5 Å². The first kappa shape index (κ1) is 20.0. The van der Waals surface area contributed by atoms with Crippen LogP contribution in [0.4, 0.5) is 5.82 Å². The molecule has 0 amide bonds. The molecule has 1 aromatic carbocycles. The van der Waals surface area contributed by atoms with Gasteiger partial charge >= 0.3 is 0 Å². The monoisotopic (exact) mass is 453 g/mol. The predicted octanol–water partition coefficient (Wildman–Crippen LogP) is 5.55. The number of hydrogen-bond donors (Lipinski definition) is 3. The maximum Gasteiger partial charge on any atom is 0.258 e. The molecule has 0 radical (unpaired) electrons. The first-order chi connectivity index (χ1) is 14.7. The van der Waals surface area contributed by atoms with Gasteiger partial charge in [0.25, 0.3) is 5.56 Å². The number of carbonyl (C=O) groups is 1. The third-order valence-electron chi connectivity index (χ3n) is 5.79. The minimum Gasteiger partial charge on any atom is -0.460 e. The maximum absolute atomic E-state index is 13.2. The molecule has 158 valence electrons. The molecule has 0 saturated heterocycles. The van der Waals surface area contributed by atoms with Crippen molar-refractivity contribution in [3.05, 3.63) is 79.1 Å². The van der Waals surface area contributed by atoms with Crippen LogP contribution in [0.3, 0.4) is 0 Å². The van der Waals surface area contributed by atoms with Crippen molar-refractivity contribution in [1.29, 1.82) is 0 Å². The van der Waals surface area contributed by atoms with Crippen LogP contribution in [-0.2, 0) is 4.79 Å². The molecule has 1 aliphatic heterocycles. The van der Waals surface area contributed by atoms with E-state index in [0.29, 0.717) is 46.3 Å². The van der Waals surface area contributed by atoms with Crippen LogP contribution in [0.25, 0.3) is 11.3 Å². The van der Waals surface area contributed by atoms with Crippen molar-refractivity contribution in [3.63, 3.8) is 0 Å². The summed E-state index contributed by atoms with van der Waals surface area (Å²) in [5.74, 6) is 1.07. The number of anilines is 1. The number of fused-ring (bicyclic) bond motifs is 1. The summed E-state index contributed by atoms with van der Waals surface area (Å²) in [5, 5.41) is 3.91. The molecular formula is C23H20ClN3O3S. The fourth-order valence-corrected chi connectivity index (χ4v) is 4.83. The zero-order valence-corrected chi connectivity index (χ0v) is 18.5. The summed E-state index contributed by atoms with van der Waals surface area (Å²) in [4.78, 5) is 31.8. The lowest BCUT2D eigenvalue weighted by Crippen LogP contribution is -2.36. The van der Waals surface area contributed by atoms with Crippen molar-refractivity contribution in [1.82, 2.24) is 9.97 Å². The van der Waals surface area contributed by atoms with Crippen LogP contribution in [0.1, 0.15) is 43.9 Å². The number of nitrogens with one attached hydrogen (secondary N) is 3. The van der Waals surface area contributed by atoms with Crippen molar-refractivity contribution in [2.75, 3.05) is 5.32 Å². The first-order valence-corrected chi connectivity index (χ1v) is 10.8. The SMILES string of the molecule is CC1(C)CC(=O)C2=C(C1)Nc1[nH]c(=S)[nH]c(=O)c1C2c1ccc(-c2ccc(Cl)cc2)o1. The number of allylic oxidation sites excluding steroid dienone is 2. The Morgan fingerprint density at radius 3 is 2.55 bits per heavy atom. The fourth-order valence-electron chi connectivity index (χ4n) is 4.51. The minimum absolute atomic E-state index is 0.0145. The highest BCUT2D eigenvalue weighted by atomic mass is 35.5. The molecule has 2 aromatic heterocycles. The average molecular weight is 454 g/mol. The number of H-pyrrole nitrogens is 2. The van der Waals surface area contributed by atoms with E-state index in [2.05, 4.69) is 29.1 Å². The number of ketones is 1. The summed E-state index contributed by atoms with van der Waals surface area (Å²) in [6.45, 7) is 4.12. The molecule has 0 bridgehead atoms. The highest BCUT2D eigenvalue weighted by Crippen LogP contribution is 2.48. The standard InChI is InChI=1S/C23H20ClN3O3S/c1-23(2)9-13-17(14(28)10-23)18(19-20(25-13)26-22(31)27-21(19)29)16-8-7-15(30-16)11-3-5-12(24)6-4-11/h3-8,18H,9-10H2,1-2H3,(H3,25,26,27,29,31). The van der Waals surface area contributed by atoms with Crippen LogP contribution in [-0.4, -0.2) is 15.8 Å². The van der Waals surface area contributed by atoms with Gasteiger partial charge in [0, 0.05) is 28.3 Å². The third kappa shape index (κ3) is 3.47. The van der Waals surface area contributed by atoms with Gasteiger partial charge in [0.1, 0.15) is 17.3 Å². The molecule has 5 rings (SSSR count). The van der Waals surface area contributed by atoms with Crippen LogP contribution in [0.2, 0.25) is 5.02 Å². The fraction of sp³-hybridized carbons (Fsp3) is 0.261. The maximum atomic E-state index is 13.2. The van der Waals surface area contributed by atoms with E-state index in [4.69, 9.17) is 28.2 Å². The molecule has 1 aliphatic carbocycles. The molecule has 0 saturated carbocycles. The second kappa shape index (κ2) is 7.07. The number of halogens is 1. The smallest absolute Gasteiger partial charge is 0.258 e. The number of rotatable bonds is 2. The van der Waals surface area contributed by atoms with E-state index in [1.165, 1.54) is 0 Å². The van der Waals surface area contributed by atoms with Gasteiger partial charge in [-0.2, -0.15) is 0 Å². The number of carbonyl (C=O) groups excluding carboxylic acids is 1. The number of aromatic nitrogens is 2. The van der Waals surface area contributed by atoms with Crippen molar-refractivity contribution in [2.45, 2.75) is 32.6 Å². The Bertz CT molecular complexity index is 1360. The summed E-state index contributed by atoms with van der Waals surface area (Å²) in [5.41, 5.74) is 2.12. The Morgan fingerprint density at radius 2 is 1.81 bits per heavy atom. The summed E-state index contributed by atoms with van der Waals surface area (Å²) in [6.07, 6.45) is 1.09. The van der Waals surface area contributed by atoms with Crippen LogP contribution < -0.4 is 10.9 Å². The van der Waals surface area contributed by atoms with E-state index in [1.54, 1.807) is 12.1 Å². The van der Waals surface area contributed by atoms with Gasteiger partial charge in [-0.25, -0.2) is 0 Å². The molecule has 31 heavy (non-hydrogen) atoms. The zero-order chi connectivity index (χ0) is 21.9. The Labute approximate surface area is 188 Å². The Kier molecular flexibility index (Phi) is 4.57. The van der Waals surface area contributed by atoms with E-state index in [1.807, 2.05) is 24.3 Å². The van der Waals surface area contributed by atoms with Crippen LogP contribution in [0.5, 0.6) is 0 Å². The number of Topliss-reactive ketones (excluding diaryl/α,β-unsaturated/α-hetero) is 1. The Hall–Kier alpha value is -2.90. The molecule has 3 N–H and O–H groups in total. The number of hydrogen-bond acceptors (Lipinski definition) is 5. The Morgan fingerprint density at radius 1 is 1.06 bits per heavy atom. The molecule has 0 fully saturated rings. The van der Waals surface area contributed by atoms with E-state index in [-0.39, 0.29) is 21.5 Å². The molecule has 3 heterocycles. The van der Waals surface area contributed by atoms with E-state index in [0.717, 1.165) is 11.3 Å². The lowest BCUT2D eigenvalue weighted by molar-refractivity contribution is -0.118. The minimum atomic E-state index is -0.619. The molecular weight excluding hydrogens is 434 g/mol. The summed E-state index contributed by atoms with van der Waals surface area (Å²) in [7, 11) is 0. The van der Waals surface area contributed by atoms with Crippen molar-refractivity contribution in [3.8, 4) is 11.3 Å². The van der Waals surface area contributed by atoms with Crippen molar-refractivity contribution in [2.24, 2.45) is 5.41 Å². The van der Waals surface area contributed by atoms with Gasteiger partial charge in [0.2, 0.25) is 0 Å². The van der Waals surface area contributed by atoms with Gasteiger partial charge in [-0.3, -0.25) is 14.6 Å². The lowest BCUT2D eigenvalue weighted by atomic mass is 9.70. The molecule has 2 aliphatic rings. The molecule has 1 unspecified atom stereocenters. The summed E-state index contributed by atoms with van der Waals surface area (Å²) in [6, 6.07) is 11.0. The summed E-state index contributed by atoms with van der Waals surface area (Å²) < 4.78 is 6.41. The second-order valence-corrected chi connectivity index (χ2v) is 9.64. The van der Waals surface area contributed by atoms with Crippen molar-refractivity contribution >= 4 is 35.4 Å². The van der Waals surface area contributed by atoms with Gasteiger partial charge in [-0.15, -0.1) is 0 Å². The van der Waals surface area contributed by atoms with Crippen LogP contribution in [0.15, 0.2) is 56.9 Å². The third-order valence-corrected chi connectivity index (χ3v) is 6.25.